The van der Waals surface area contributed by atoms with Crippen LogP contribution in [0.25, 0.3) is 39.4 Å². The predicted molar refractivity (Wildman–Crippen MR) is 142 cm³/mol. The normalized spacial score (nSPS) is 11.9. The lowest BCUT2D eigenvalue weighted by molar-refractivity contribution is -0.384. The molecule has 0 fully saturated rings. The average molecular weight is 507 g/mol. The fourth-order valence-corrected chi connectivity index (χ4v) is 4.95. The van der Waals surface area contributed by atoms with Crippen molar-refractivity contribution in [2.75, 3.05) is 0 Å². The molecule has 0 saturated carbocycles. The molecule has 37 heavy (non-hydrogen) atoms. The number of rotatable bonds is 5. The van der Waals surface area contributed by atoms with Crippen LogP contribution in [0, 0.1) is 17.0 Å². The number of fused-ring (bicyclic) bond motifs is 1. The van der Waals surface area contributed by atoms with E-state index in [1.807, 2.05) is 67.7 Å². The third-order valence-corrected chi connectivity index (χ3v) is 6.82. The molecule has 9 nitrogen and oxygen atoms in total. The molecule has 0 aliphatic heterocycles. The molecule has 0 aliphatic carbocycles. The molecule has 0 spiro atoms. The molecule has 3 aromatic heterocycles. The molecule has 0 aliphatic rings. The van der Waals surface area contributed by atoms with Crippen molar-refractivity contribution >= 4 is 28.1 Å². The fourth-order valence-electron chi connectivity index (χ4n) is 4.05. The van der Waals surface area contributed by atoms with Gasteiger partial charge in [-0.25, -0.2) is 4.68 Å². The zero-order valence-corrected chi connectivity index (χ0v) is 20.3. The van der Waals surface area contributed by atoms with Crippen LogP contribution in [0.5, 0.6) is 0 Å². The molecular weight excluding hydrogens is 488 g/mol. The van der Waals surface area contributed by atoms with Gasteiger partial charge in [-0.05, 0) is 43.3 Å². The van der Waals surface area contributed by atoms with Gasteiger partial charge in [-0.1, -0.05) is 53.3 Å². The highest BCUT2D eigenvalue weighted by Crippen LogP contribution is 2.26. The second kappa shape index (κ2) is 8.92. The Labute approximate surface area is 213 Å². The van der Waals surface area contributed by atoms with E-state index in [4.69, 9.17) is 5.10 Å². The van der Waals surface area contributed by atoms with Crippen molar-refractivity contribution < 1.29 is 4.92 Å². The highest BCUT2D eigenvalue weighted by atomic mass is 32.1. The first-order valence-corrected chi connectivity index (χ1v) is 12.2. The number of hydrogen-bond donors (Lipinski definition) is 0. The van der Waals surface area contributed by atoms with E-state index in [0.717, 1.165) is 16.8 Å². The summed E-state index contributed by atoms with van der Waals surface area (Å²) in [6.45, 7) is 1.99. The average Bonchev–Trinajstić information content (AvgIpc) is 3.60. The zero-order valence-electron chi connectivity index (χ0n) is 19.5. The summed E-state index contributed by atoms with van der Waals surface area (Å²) in [7, 11) is 0. The maximum Gasteiger partial charge on any atom is 0.291 e. The molecule has 3 aromatic carbocycles. The molecule has 3 heterocycles. The number of non-ortho nitro benzene ring substituents is 1. The number of aryl methyl sites for hydroxylation is 1. The number of hydrogen-bond acceptors (Lipinski definition) is 7. The van der Waals surface area contributed by atoms with E-state index in [9.17, 15) is 14.9 Å². The Hall–Kier alpha value is -4.96. The Morgan fingerprint density at radius 2 is 1.73 bits per heavy atom. The molecule has 10 heteroatoms. The highest BCUT2D eigenvalue weighted by Gasteiger charge is 2.16. The molecule has 0 bridgehead atoms. The van der Waals surface area contributed by atoms with Gasteiger partial charge in [0, 0.05) is 35.0 Å². The zero-order chi connectivity index (χ0) is 25.5. The summed E-state index contributed by atoms with van der Waals surface area (Å²) < 4.78 is 3.50. The maximum atomic E-state index is 13.2. The van der Waals surface area contributed by atoms with Gasteiger partial charge in [0.05, 0.1) is 15.1 Å². The SMILES string of the molecule is Cc1cccc(-c2nc3s/c(=C\c4cn(-c5ccccc5)nc4-c4ccc([N+](=O)[O-])cc4)c(=O)n3n2)c1. The van der Waals surface area contributed by atoms with Gasteiger partial charge in [0.1, 0.15) is 5.69 Å². The first kappa shape index (κ1) is 22.5. The van der Waals surface area contributed by atoms with Gasteiger partial charge in [0.15, 0.2) is 5.82 Å². The first-order chi connectivity index (χ1) is 18.0. The van der Waals surface area contributed by atoms with Crippen LogP contribution in [0.15, 0.2) is 89.9 Å². The third-order valence-electron chi connectivity index (χ3n) is 5.86. The summed E-state index contributed by atoms with van der Waals surface area (Å²) in [5.74, 6) is 0.502. The second-order valence-electron chi connectivity index (χ2n) is 8.43. The van der Waals surface area contributed by atoms with Gasteiger partial charge in [0.2, 0.25) is 4.96 Å². The van der Waals surface area contributed by atoms with Crippen molar-refractivity contribution in [3.05, 3.63) is 121 Å². The van der Waals surface area contributed by atoms with Crippen molar-refractivity contribution in [2.45, 2.75) is 6.92 Å². The molecular formula is C27H18N6O3S. The van der Waals surface area contributed by atoms with Crippen molar-refractivity contribution in [1.29, 1.82) is 0 Å². The molecule has 180 valence electrons. The summed E-state index contributed by atoms with van der Waals surface area (Å²) in [5, 5.41) is 20.3. The van der Waals surface area contributed by atoms with E-state index in [0.29, 0.717) is 32.1 Å². The third kappa shape index (κ3) is 4.19. The molecule has 0 atom stereocenters. The Balaban J connectivity index is 1.48. The Morgan fingerprint density at radius 1 is 0.946 bits per heavy atom. The monoisotopic (exact) mass is 506 g/mol. The summed E-state index contributed by atoms with van der Waals surface area (Å²) in [4.78, 5) is 29.0. The van der Waals surface area contributed by atoms with Gasteiger partial charge >= 0.3 is 0 Å². The Morgan fingerprint density at radius 3 is 2.43 bits per heavy atom. The van der Waals surface area contributed by atoms with Crippen LogP contribution >= 0.6 is 11.3 Å². The fraction of sp³-hybridized carbons (Fsp3) is 0.0370. The van der Waals surface area contributed by atoms with E-state index in [2.05, 4.69) is 10.1 Å². The van der Waals surface area contributed by atoms with Crippen molar-refractivity contribution in [2.24, 2.45) is 0 Å². The minimum atomic E-state index is -0.442. The summed E-state index contributed by atoms with van der Waals surface area (Å²) in [5.41, 5.74) is 4.49. The lowest BCUT2D eigenvalue weighted by Crippen LogP contribution is -2.23. The Kier molecular flexibility index (Phi) is 5.42. The van der Waals surface area contributed by atoms with E-state index >= 15 is 0 Å². The van der Waals surface area contributed by atoms with Crippen LogP contribution in [-0.2, 0) is 0 Å². The lowest BCUT2D eigenvalue weighted by Gasteiger charge is -2.00. The van der Waals surface area contributed by atoms with Crippen LogP contribution in [0.3, 0.4) is 0 Å². The molecule has 0 saturated heterocycles. The van der Waals surface area contributed by atoms with Crippen LogP contribution in [0.4, 0.5) is 5.69 Å². The number of nitrogens with zero attached hydrogens (tertiary/aromatic N) is 6. The molecule has 0 amide bonds. The number of nitro benzene ring substituents is 1. The summed E-state index contributed by atoms with van der Waals surface area (Å²) in [6.07, 6.45) is 3.60. The highest BCUT2D eigenvalue weighted by molar-refractivity contribution is 7.15. The predicted octanol–water partition coefficient (Wildman–Crippen LogP) is 4.44. The molecule has 0 unspecified atom stereocenters. The van der Waals surface area contributed by atoms with Crippen molar-refractivity contribution in [3.63, 3.8) is 0 Å². The van der Waals surface area contributed by atoms with Crippen molar-refractivity contribution in [3.8, 4) is 28.3 Å². The van der Waals surface area contributed by atoms with E-state index in [-0.39, 0.29) is 11.2 Å². The summed E-state index contributed by atoms with van der Waals surface area (Å²) >= 11 is 1.25. The number of para-hydroxylation sites is 1. The Bertz CT molecular complexity index is 1890. The van der Waals surface area contributed by atoms with Gasteiger partial charge < -0.3 is 0 Å². The number of nitro groups is 1. The largest absolute Gasteiger partial charge is 0.291 e. The molecule has 6 rings (SSSR count). The minimum absolute atomic E-state index is 0.00594. The molecule has 6 aromatic rings. The number of thiazole rings is 1. The van der Waals surface area contributed by atoms with Gasteiger partial charge in [-0.2, -0.15) is 14.6 Å². The topological polar surface area (TPSA) is 108 Å². The van der Waals surface area contributed by atoms with Crippen LogP contribution in [-0.4, -0.2) is 29.3 Å². The van der Waals surface area contributed by atoms with Crippen LogP contribution < -0.4 is 10.1 Å². The molecule has 0 radical (unpaired) electrons. The van der Waals surface area contributed by atoms with Crippen LogP contribution in [0.2, 0.25) is 0 Å². The number of benzene rings is 3. The van der Waals surface area contributed by atoms with E-state index < -0.39 is 4.92 Å². The smallest absolute Gasteiger partial charge is 0.266 e. The maximum absolute atomic E-state index is 13.2. The summed E-state index contributed by atoms with van der Waals surface area (Å²) in [6, 6.07) is 23.6. The van der Waals surface area contributed by atoms with Gasteiger partial charge in [-0.3, -0.25) is 14.9 Å². The van der Waals surface area contributed by atoms with E-state index in [1.165, 1.54) is 28.0 Å². The first-order valence-electron chi connectivity index (χ1n) is 11.3. The van der Waals surface area contributed by atoms with E-state index in [1.54, 1.807) is 22.9 Å². The standard InChI is InChI=1S/C27H18N6O3S/c1-17-6-5-7-19(14-17)25-28-27-32(30-25)26(34)23(37-27)15-20-16-31(21-8-3-2-4-9-21)29-24(20)18-10-12-22(13-11-18)33(35)36/h2-16H,1H3/b23-15-. The van der Waals surface area contributed by atoms with Crippen molar-refractivity contribution in [1.82, 2.24) is 24.4 Å². The van der Waals surface area contributed by atoms with Gasteiger partial charge in [-0.15, -0.1) is 5.10 Å². The van der Waals surface area contributed by atoms with Crippen LogP contribution in [0.1, 0.15) is 11.1 Å². The number of aromatic nitrogens is 5. The second-order valence-corrected chi connectivity index (χ2v) is 9.44. The lowest BCUT2D eigenvalue weighted by atomic mass is 10.1. The quantitative estimate of drug-likeness (QED) is 0.253. The molecule has 0 N–H and O–H groups in total. The van der Waals surface area contributed by atoms with Gasteiger partial charge in [0.25, 0.3) is 11.2 Å². The minimum Gasteiger partial charge on any atom is -0.266 e.